The molecule has 2 N–H and O–H groups in total. The van der Waals surface area contributed by atoms with Crippen LogP contribution in [-0.2, 0) is 0 Å². The van der Waals surface area contributed by atoms with Gasteiger partial charge in [-0.1, -0.05) is 17.3 Å². The maximum atomic E-state index is 9.78. The van der Waals surface area contributed by atoms with Crippen LogP contribution in [0.4, 0.5) is 5.69 Å². The number of methoxy groups -OCH3 is 1. The second kappa shape index (κ2) is 8.07. The summed E-state index contributed by atoms with van der Waals surface area (Å²) >= 11 is 0. The lowest BCUT2D eigenvalue weighted by atomic mass is 10.0. The molecule has 1 aliphatic rings. The van der Waals surface area contributed by atoms with E-state index in [4.69, 9.17) is 4.74 Å². The van der Waals surface area contributed by atoms with Crippen LogP contribution in [0.15, 0.2) is 60.7 Å². The molecule has 2 aromatic heterocycles. The third kappa shape index (κ3) is 3.43. The topological polar surface area (TPSA) is 82.4 Å². The van der Waals surface area contributed by atoms with Crippen LogP contribution in [0.1, 0.15) is 0 Å². The Bertz CT molecular complexity index is 1500. The third-order valence-electron chi connectivity index (χ3n) is 6.64. The molecule has 3 aromatic carbocycles. The fourth-order valence-electron chi connectivity index (χ4n) is 4.75. The van der Waals surface area contributed by atoms with Crippen LogP contribution in [0.25, 0.3) is 38.9 Å². The molecule has 1 saturated heterocycles. The van der Waals surface area contributed by atoms with Gasteiger partial charge in [0.05, 0.1) is 12.6 Å². The number of nitrogens with one attached hydrogen (secondary N) is 1. The van der Waals surface area contributed by atoms with Crippen molar-refractivity contribution < 1.29 is 9.84 Å². The van der Waals surface area contributed by atoms with E-state index in [0.717, 1.165) is 59.7 Å². The number of hydrogen-bond acceptors (Lipinski definition) is 6. The monoisotopic (exact) mass is 454 g/mol. The Morgan fingerprint density at radius 1 is 0.971 bits per heavy atom. The van der Waals surface area contributed by atoms with Gasteiger partial charge < -0.3 is 24.6 Å². The summed E-state index contributed by atoms with van der Waals surface area (Å²) in [5.74, 6) is 1.66. The molecule has 0 unspecified atom stereocenters. The normalized spacial score (nSPS) is 14.8. The van der Waals surface area contributed by atoms with Gasteiger partial charge in [0.1, 0.15) is 22.8 Å². The number of phenolic OH excluding ortho intramolecular Hbond substituents is 1. The molecule has 0 amide bonds. The van der Waals surface area contributed by atoms with Crippen LogP contribution in [0.3, 0.4) is 0 Å². The highest BCUT2D eigenvalue weighted by atomic mass is 16.5. The van der Waals surface area contributed by atoms with Crippen LogP contribution in [0, 0.1) is 0 Å². The fourth-order valence-corrected chi connectivity index (χ4v) is 4.75. The average molecular weight is 455 g/mol. The first-order valence-corrected chi connectivity index (χ1v) is 11.4. The van der Waals surface area contributed by atoms with E-state index in [0.29, 0.717) is 5.75 Å². The SMILES string of the molecule is COc1cc(O)ccc1-c1ccc2c(c1)nnn2-c1cc2c(N3CCN(C)CC3)cccc2[nH]1. The molecule has 0 bridgehead atoms. The number of piperazine rings is 1. The van der Waals surface area contributed by atoms with Crippen molar-refractivity contribution in [3.05, 3.63) is 60.7 Å². The van der Waals surface area contributed by atoms with Gasteiger partial charge in [0.15, 0.2) is 0 Å². The number of H-pyrrole nitrogens is 1. The lowest BCUT2D eigenvalue weighted by Crippen LogP contribution is -2.44. The lowest BCUT2D eigenvalue weighted by Gasteiger charge is -2.34. The summed E-state index contributed by atoms with van der Waals surface area (Å²) in [6, 6.07) is 19.7. The standard InChI is InChI=1S/C26H26N6O2/c1-30-10-12-31(13-11-30)23-5-3-4-21-20(23)16-26(27-21)32-24-9-6-17(14-22(24)28-29-32)19-8-7-18(33)15-25(19)34-2/h3-9,14-16,27,33H,10-13H2,1-2H3. The van der Waals surface area contributed by atoms with Gasteiger partial charge in [0, 0.05) is 54.4 Å². The summed E-state index contributed by atoms with van der Waals surface area (Å²) in [4.78, 5) is 8.34. The Kier molecular flexibility index (Phi) is 4.88. The highest BCUT2D eigenvalue weighted by Gasteiger charge is 2.18. The number of likely N-dealkylation sites (N-methyl/N-ethyl adjacent to an activating group) is 1. The number of ether oxygens (including phenoxy) is 1. The van der Waals surface area contributed by atoms with Gasteiger partial charge in [-0.05, 0) is 55.1 Å². The predicted molar refractivity (Wildman–Crippen MR) is 134 cm³/mol. The van der Waals surface area contributed by atoms with Crippen molar-refractivity contribution >= 4 is 27.6 Å². The summed E-state index contributed by atoms with van der Waals surface area (Å²) in [5, 5.41) is 19.8. The molecule has 3 heterocycles. The van der Waals surface area contributed by atoms with Crippen molar-refractivity contribution in [1.29, 1.82) is 0 Å². The number of hydrogen-bond donors (Lipinski definition) is 2. The number of fused-ring (bicyclic) bond motifs is 2. The molecule has 0 spiro atoms. The van der Waals surface area contributed by atoms with Crippen molar-refractivity contribution in [2.75, 3.05) is 45.2 Å². The van der Waals surface area contributed by atoms with Gasteiger partial charge in [-0.25, -0.2) is 0 Å². The van der Waals surface area contributed by atoms with Gasteiger partial charge in [0.25, 0.3) is 0 Å². The third-order valence-corrected chi connectivity index (χ3v) is 6.64. The highest BCUT2D eigenvalue weighted by Crippen LogP contribution is 2.35. The average Bonchev–Trinajstić information content (AvgIpc) is 3.48. The van der Waals surface area contributed by atoms with Gasteiger partial charge in [-0.2, -0.15) is 4.68 Å². The minimum Gasteiger partial charge on any atom is -0.508 e. The molecular weight excluding hydrogens is 428 g/mol. The zero-order chi connectivity index (χ0) is 23.2. The molecule has 0 saturated carbocycles. The highest BCUT2D eigenvalue weighted by molar-refractivity contribution is 5.95. The van der Waals surface area contributed by atoms with E-state index in [1.807, 2.05) is 28.9 Å². The molecule has 34 heavy (non-hydrogen) atoms. The molecule has 8 nitrogen and oxygen atoms in total. The van der Waals surface area contributed by atoms with Crippen molar-refractivity contribution in [3.63, 3.8) is 0 Å². The van der Waals surface area contributed by atoms with Crippen molar-refractivity contribution in [3.8, 4) is 28.4 Å². The molecule has 1 fully saturated rings. The molecule has 0 atom stereocenters. The summed E-state index contributed by atoms with van der Waals surface area (Å²) < 4.78 is 7.30. The minimum absolute atomic E-state index is 0.169. The van der Waals surface area contributed by atoms with E-state index in [-0.39, 0.29) is 5.75 Å². The Morgan fingerprint density at radius 2 is 1.82 bits per heavy atom. The van der Waals surface area contributed by atoms with Crippen LogP contribution < -0.4 is 9.64 Å². The Morgan fingerprint density at radius 3 is 2.65 bits per heavy atom. The first-order chi connectivity index (χ1) is 16.6. The van der Waals surface area contributed by atoms with Crippen molar-refractivity contribution in [1.82, 2.24) is 24.9 Å². The Balaban J connectivity index is 1.39. The van der Waals surface area contributed by atoms with Crippen LogP contribution in [0.2, 0.25) is 0 Å². The molecule has 172 valence electrons. The number of phenols is 1. The summed E-state index contributed by atoms with van der Waals surface area (Å²) in [7, 11) is 3.77. The smallest absolute Gasteiger partial charge is 0.135 e. The van der Waals surface area contributed by atoms with E-state index in [1.54, 1.807) is 19.2 Å². The number of aromatic amines is 1. The molecule has 5 aromatic rings. The molecule has 0 radical (unpaired) electrons. The number of benzene rings is 3. The fraction of sp³-hybridized carbons (Fsp3) is 0.231. The summed E-state index contributed by atoms with van der Waals surface area (Å²) in [6.07, 6.45) is 0. The minimum atomic E-state index is 0.169. The summed E-state index contributed by atoms with van der Waals surface area (Å²) in [5.41, 5.74) is 5.86. The second-order valence-electron chi connectivity index (χ2n) is 8.77. The quantitative estimate of drug-likeness (QED) is 0.427. The van der Waals surface area contributed by atoms with E-state index in [9.17, 15) is 5.11 Å². The maximum Gasteiger partial charge on any atom is 0.135 e. The molecule has 6 rings (SSSR count). The van der Waals surface area contributed by atoms with E-state index in [2.05, 4.69) is 56.4 Å². The Labute approximate surface area is 197 Å². The molecule has 1 aliphatic heterocycles. The lowest BCUT2D eigenvalue weighted by molar-refractivity contribution is 0.313. The van der Waals surface area contributed by atoms with Gasteiger partial charge in [-0.15, -0.1) is 5.10 Å². The summed E-state index contributed by atoms with van der Waals surface area (Å²) in [6.45, 7) is 4.17. The first-order valence-electron chi connectivity index (χ1n) is 11.4. The first kappa shape index (κ1) is 20.6. The number of aromatic nitrogens is 4. The number of aromatic hydroxyl groups is 1. The number of anilines is 1. The van der Waals surface area contributed by atoms with Crippen molar-refractivity contribution in [2.24, 2.45) is 0 Å². The number of rotatable bonds is 4. The van der Waals surface area contributed by atoms with Gasteiger partial charge in [0.2, 0.25) is 0 Å². The number of nitrogens with zero attached hydrogens (tertiary/aromatic N) is 5. The zero-order valence-corrected chi connectivity index (χ0v) is 19.2. The van der Waals surface area contributed by atoms with E-state index in [1.165, 1.54) is 11.1 Å². The second-order valence-corrected chi connectivity index (χ2v) is 8.77. The maximum absolute atomic E-state index is 9.78. The Hall–Kier alpha value is -4.04. The van der Waals surface area contributed by atoms with Crippen LogP contribution in [0.5, 0.6) is 11.5 Å². The van der Waals surface area contributed by atoms with Gasteiger partial charge in [-0.3, -0.25) is 0 Å². The van der Waals surface area contributed by atoms with E-state index < -0.39 is 0 Å². The van der Waals surface area contributed by atoms with Crippen LogP contribution in [-0.4, -0.2) is 70.3 Å². The zero-order valence-electron chi connectivity index (χ0n) is 19.2. The molecule has 0 aliphatic carbocycles. The molecular formula is C26H26N6O2. The van der Waals surface area contributed by atoms with E-state index >= 15 is 0 Å². The predicted octanol–water partition coefficient (Wildman–Crippen LogP) is 4.03. The molecule has 8 heteroatoms. The van der Waals surface area contributed by atoms with Crippen molar-refractivity contribution in [2.45, 2.75) is 0 Å². The largest absolute Gasteiger partial charge is 0.508 e. The van der Waals surface area contributed by atoms with Crippen LogP contribution >= 0.6 is 0 Å². The van der Waals surface area contributed by atoms with Gasteiger partial charge >= 0.3 is 0 Å².